The number of nitrogens with one attached hydrogen (secondary N) is 1. The normalized spacial score (nSPS) is 23.7. The van der Waals surface area contributed by atoms with Crippen LogP contribution >= 0.6 is 31.9 Å². The second kappa shape index (κ2) is 5.58. The Balaban J connectivity index is 2.08. The molecule has 0 amide bonds. The highest BCUT2D eigenvalue weighted by molar-refractivity contribution is 9.11. The van der Waals surface area contributed by atoms with E-state index < -0.39 is 10.0 Å². The molecular formula is C11H13Br2NO3S. The van der Waals surface area contributed by atoms with Crippen molar-refractivity contribution >= 4 is 41.9 Å². The highest BCUT2D eigenvalue weighted by Crippen LogP contribution is 2.28. The molecule has 100 valence electrons. The van der Waals surface area contributed by atoms with Crippen molar-refractivity contribution in [2.75, 3.05) is 6.54 Å². The third kappa shape index (κ3) is 3.33. The molecule has 0 saturated heterocycles. The largest absolute Gasteiger partial charge is 0.393 e. The Bertz CT molecular complexity index is 541. The van der Waals surface area contributed by atoms with Gasteiger partial charge in [-0.15, -0.1) is 0 Å². The number of aliphatic hydroxyl groups is 1. The lowest BCUT2D eigenvalue weighted by Gasteiger charge is -2.31. The molecule has 0 bridgehead atoms. The zero-order chi connectivity index (χ0) is 13.3. The van der Waals surface area contributed by atoms with E-state index in [-0.39, 0.29) is 16.9 Å². The molecule has 1 fully saturated rings. The number of sulfonamides is 1. The van der Waals surface area contributed by atoms with Gasteiger partial charge in [-0.2, -0.15) is 0 Å². The van der Waals surface area contributed by atoms with E-state index in [4.69, 9.17) is 5.11 Å². The van der Waals surface area contributed by atoms with E-state index in [1.165, 1.54) is 0 Å². The van der Waals surface area contributed by atoms with Gasteiger partial charge in [-0.1, -0.05) is 15.9 Å². The van der Waals surface area contributed by atoms with E-state index in [2.05, 4.69) is 36.6 Å². The smallest absolute Gasteiger partial charge is 0.241 e. The first kappa shape index (κ1) is 14.5. The highest BCUT2D eigenvalue weighted by Gasteiger charge is 2.28. The number of hydrogen-bond acceptors (Lipinski definition) is 3. The van der Waals surface area contributed by atoms with Crippen LogP contribution < -0.4 is 4.72 Å². The number of benzene rings is 1. The van der Waals surface area contributed by atoms with Crippen molar-refractivity contribution in [1.82, 2.24) is 4.72 Å². The summed E-state index contributed by atoms with van der Waals surface area (Å²) in [6.07, 6.45) is 1.07. The molecule has 1 saturated carbocycles. The molecule has 1 aliphatic rings. The molecule has 0 spiro atoms. The van der Waals surface area contributed by atoms with Gasteiger partial charge in [-0.05, 0) is 52.9 Å². The zero-order valence-corrected chi connectivity index (χ0v) is 13.4. The molecular weight excluding hydrogens is 386 g/mol. The molecule has 4 nitrogen and oxygen atoms in total. The van der Waals surface area contributed by atoms with Crippen molar-refractivity contribution < 1.29 is 13.5 Å². The van der Waals surface area contributed by atoms with Crippen LogP contribution in [0.15, 0.2) is 32.0 Å². The van der Waals surface area contributed by atoms with E-state index in [1.807, 2.05) is 0 Å². The third-order valence-corrected chi connectivity index (χ3v) is 5.87. The Hall–Kier alpha value is 0.0500. The van der Waals surface area contributed by atoms with Crippen LogP contribution in [0.5, 0.6) is 0 Å². The summed E-state index contributed by atoms with van der Waals surface area (Å²) >= 11 is 6.49. The Labute approximate surface area is 123 Å². The van der Waals surface area contributed by atoms with Crippen LogP contribution in [-0.2, 0) is 10.0 Å². The quantitative estimate of drug-likeness (QED) is 0.817. The summed E-state index contributed by atoms with van der Waals surface area (Å²) in [6.45, 7) is 0.373. The van der Waals surface area contributed by atoms with Gasteiger partial charge in [0.1, 0.15) is 0 Å². The topological polar surface area (TPSA) is 66.4 Å². The molecule has 7 heteroatoms. The lowest BCUT2D eigenvalue weighted by molar-refractivity contribution is 0.0453. The Morgan fingerprint density at radius 3 is 2.61 bits per heavy atom. The second-order valence-electron chi connectivity index (χ2n) is 4.42. The van der Waals surface area contributed by atoms with E-state index in [0.717, 1.165) is 0 Å². The minimum Gasteiger partial charge on any atom is -0.393 e. The molecule has 0 radical (unpaired) electrons. The maximum atomic E-state index is 12.1. The summed E-state index contributed by atoms with van der Waals surface area (Å²) in [5.41, 5.74) is 0. The molecule has 1 aromatic rings. The van der Waals surface area contributed by atoms with Gasteiger partial charge in [-0.25, -0.2) is 13.1 Å². The summed E-state index contributed by atoms with van der Waals surface area (Å²) in [6, 6.07) is 5.01. The number of hydrogen-bond donors (Lipinski definition) is 2. The predicted octanol–water partition coefficient (Wildman–Crippen LogP) is 2.26. The molecule has 0 aliphatic heterocycles. The van der Waals surface area contributed by atoms with Crippen molar-refractivity contribution in [2.24, 2.45) is 5.92 Å². The Kier molecular flexibility index (Phi) is 4.48. The predicted molar refractivity (Wildman–Crippen MR) is 75.8 cm³/mol. The van der Waals surface area contributed by atoms with Crippen LogP contribution in [0, 0.1) is 5.92 Å². The Morgan fingerprint density at radius 2 is 2.00 bits per heavy atom. The van der Waals surface area contributed by atoms with Crippen LogP contribution in [-0.4, -0.2) is 26.2 Å². The summed E-state index contributed by atoms with van der Waals surface area (Å²) in [4.78, 5) is 0.219. The van der Waals surface area contributed by atoms with Gasteiger partial charge in [0, 0.05) is 15.5 Å². The molecule has 0 aromatic heterocycles. The fourth-order valence-corrected chi connectivity index (χ4v) is 4.47. The molecule has 1 aliphatic carbocycles. The van der Waals surface area contributed by atoms with Crippen LogP contribution in [0.2, 0.25) is 0 Å². The van der Waals surface area contributed by atoms with Crippen LogP contribution in [0.3, 0.4) is 0 Å². The van der Waals surface area contributed by atoms with Crippen molar-refractivity contribution in [3.63, 3.8) is 0 Å². The van der Waals surface area contributed by atoms with Crippen molar-refractivity contribution in [2.45, 2.75) is 23.8 Å². The second-order valence-corrected chi connectivity index (χ2v) is 7.92. The molecule has 18 heavy (non-hydrogen) atoms. The highest BCUT2D eigenvalue weighted by atomic mass is 79.9. The van der Waals surface area contributed by atoms with Gasteiger partial charge in [0.15, 0.2) is 0 Å². The molecule has 2 rings (SSSR count). The molecule has 2 N–H and O–H groups in total. The van der Waals surface area contributed by atoms with E-state index in [9.17, 15) is 8.42 Å². The van der Waals surface area contributed by atoms with Gasteiger partial charge in [-0.3, -0.25) is 0 Å². The maximum Gasteiger partial charge on any atom is 0.241 e. The minimum absolute atomic E-state index is 0.219. The fourth-order valence-electron chi connectivity index (χ4n) is 1.86. The zero-order valence-electron chi connectivity index (χ0n) is 9.44. The average Bonchev–Trinajstić information content (AvgIpc) is 2.26. The average molecular weight is 399 g/mol. The first-order chi connectivity index (χ1) is 8.38. The number of aliphatic hydroxyl groups excluding tert-OH is 1. The van der Waals surface area contributed by atoms with Gasteiger partial charge >= 0.3 is 0 Å². The summed E-state index contributed by atoms with van der Waals surface area (Å²) in [7, 11) is -3.51. The van der Waals surface area contributed by atoms with Crippen LogP contribution in [0.25, 0.3) is 0 Å². The lowest BCUT2D eigenvalue weighted by Crippen LogP contribution is -2.38. The van der Waals surface area contributed by atoms with E-state index >= 15 is 0 Å². The SMILES string of the molecule is O=S(=O)(NCC1CC(O)C1)c1cc(Br)ccc1Br. The first-order valence-electron chi connectivity index (χ1n) is 5.51. The maximum absolute atomic E-state index is 12.1. The molecule has 1 aromatic carbocycles. The first-order valence-corrected chi connectivity index (χ1v) is 8.58. The lowest BCUT2D eigenvalue weighted by atomic mass is 9.83. The molecule has 0 unspecified atom stereocenters. The summed E-state index contributed by atoms with van der Waals surface area (Å²) in [5.74, 6) is 0.237. The molecule has 0 atom stereocenters. The van der Waals surface area contributed by atoms with Crippen molar-refractivity contribution in [1.29, 1.82) is 0 Å². The van der Waals surface area contributed by atoms with Gasteiger partial charge in [0.2, 0.25) is 10.0 Å². The van der Waals surface area contributed by atoms with Gasteiger partial charge in [0.25, 0.3) is 0 Å². The fraction of sp³-hybridized carbons (Fsp3) is 0.455. The molecule has 0 heterocycles. The van der Waals surface area contributed by atoms with Crippen LogP contribution in [0.1, 0.15) is 12.8 Å². The van der Waals surface area contributed by atoms with Crippen molar-refractivity contribution in [3.05, 3.63) is 27.1 Å². The van der Waals surface area contributed by atoms with Crippen molar-refractivity contribution in [3.8, 4) is 0 Å². The van der Waals surface area contributed by atoms with Gasteiger partial charge < -0.3 is 5.11 Å². The standard InChI is InChI=1S/C11H13Br2NO3S/c12-8-1-2-10(13)11(5-8)18(16,17)14-6-7-3-9(15)4-7/h1-2,5,7,9,14-15H,3-4,6H2. The monoisotopic (exact) mass is 397 g/mol. The van der Waals surface area contributed by atoms with Gasteiger partial charge in [0.05, 0.1) is 11.0 Å². The van der Waals surface area contributed by atoms with E-state index in [1.54, 1.807) is 18.2 Å². The summed E-state index contributed by atoms with van der Waals surface area (Å²) < 4.78 is 28.0. The summed E-state index contributed by atoms with van der Waals surface area (Å²) in [5, 5.41) is 9.15. The number of halogens is 2. The van der Waals surface area contributed by atoms with E-state index in [0.29, 0.717) is 28.3 Å². The van der Waals surface area contributed by atoms with Crippen LogP contribution in [0.4, 0.5) is 0 Å². The Morgan fingerprint density at radius 1 is 1.33 bits per heavy atom. The number of rotatable bonds is 4. The third-order valence-electron chi connectivity index (χ3n) is 2.96. The minimum atomic E-state index is -3.51.